The van der Waals surface area contributed by atoms with Crippen molar-refractivity contribution in [3.63, 3.8) is 0 Å². The zero-order valence-corrected chi connectivity index (χ0v) is 10.8. The number of tetrazole rings is 1. The van der Waals surface area contributed by atoms with Crippen molar-refractivity contribution in [1.29, 1.82) is 0 Å². The number of nitrogens with two attached hydrogens (primary N) is 1. The topological polar surface area (TPSA) is 113 Å². The maximum absolute atomic E-state index is 12.1. The smallest absolute Gasteiger partial charge is 0.288 e. The molecule has 0 aliphatic rings. The number of nitrogens with zero attached hydrogens (tertiary/aromatic N) is 5. The van der Waals surface area contributed by atoms with Gasteiger partial charge in [0.15, 0.2) is 11.4 Å². The van der Waals surface area contributed by atoms with Crippen LogP contribution in [-0.2, 0) is 23.6 Å². The van der Waals surface area contributed by atoms with E-state index in [0.29, 0.717) is 22.6 Å². The van der Waals surface area contributed by atoms with E-state index in [-0.39, 0.29) is 11.0 Å². The van der Waals surface area contributed by atoms with E-state index in [9.17, 15) is 4.21 Å². The van der Waals surface area contributed by atoms with Gasteiger partial charge in [0.05, 0.1) is 12.8 Å². The molecule has 2 N–H and O–H groups in total. The number of hydrogen-bond donors (Lipinski definition) is 1. The van der Waals surface area contributed by atoms with Crippen LogP contribution in [0.2, 0.25) is 0 Å². The third-order valence-corrected chi connectivity index (χ3v) is 3.48. The van der Waals surface area contributed by atoms with Gasteiger partial charge in [-0.2, -0.15) is 4.80 Å². The van der Waals surface area contributed by atoms with Gasteiger partial charge in [-0.15, -0.1) is 10.2 Å². The van der Waals surface area contributed by atoms with E-state index in [0.717, 1.165) is 0 Å². The highest BCUT2D eigenvalue weighted by Crippen LogP contribution is 2.20. The maximum Gasteiger partial charge on any atom is 0.288 e. The lowest BCUT2D eigenvalue weighted by molar-refractivity contribution is 0.477. The molecule has 0 saturated heterocycles. The quantitative estimate of drug-likeness (QED) is 0.683. The van der Waals surface area contributed by atoms with Gasteiger partial charge in [-0.1, -0.05) is 0 Å². The summed E-state index contributed by atoms with van der Waals surface area (Å²) in [5, 5.41) is 11.5. The summed E-state index contributed by atoms with van der Waals surface area (Å²) in [6.45, 7) is 0. The monoisotopic (exact) mass is 278 g/mol. The van der Waals surface area contributed by atoms with Gasteiger partial charge in [-0.25, -0.2) is 9.19 Å². The van der Waals surface area contributed by atoms with Crippen molar-refractivity contribution >= 4 is 27.6 Å². The minimum atomic E-state index is -1.46. The fraction of sp³-hybridized carbons (Fsp3) is 0.200. The Morgan fingerprint density at radius 3 is 3.05 bits per heavy atom. The fourth-order valence-corrected chi connectivity index (χ4v) is 2.44. The average molecular weight is 278 g/mol. The molecule has 0 radical (unpaired) electrons. The third kappa shape index (κ3) is 2.32. The van der Waals surface area contributed by atoms with Gasteiger partial charge in [-0.3, -0.25) is 0 Å². The van der Waals surface area contributed by atoms with Gasteiger partial charge in [-0.05, 0) is 23.4 Å². The first-order valence-electron chi connectivity index (χ1n) is 5.39. The van der Waals surface area contributed by atoms with Crippen molar-refractivity contribution in [3.05, 3.63) is 24.0 Å². The molecule has 0 spiro atoms. The van der Waals surface area contributed by atoms with Crippen LogP contribution in [0.5, 0.6) is 0 Å². The summed E-state index contributed by atoms with van der Waals surface area (Å²) in [6.07, 6.45) is 0. The molecule has 8 nitrogen and oxygen atoms in total. The Bertz CT molecular complexity index is 764. The zero-order valence-electron chi connectivity index (χ0n) is 9.98. The number of nitrogen functional groups attached to an aromatic ring is 1. The van der Waals surface area contributed by atoms with Crippen LogP contribution in [0.4, 0.5) is 5.69 Å². The van der Waals surface area contributed by atoms with Crippen molar-refractivity contribution in [3.8, 4) is 0 Å². The molecule has 0 bridgehead atoms. The molecule has 2 aromatic heterocycles. The molecule has 9 heteroatoms. The lowest BCUT2D eigenvalue weighted by Crippen LogP contribution is -1.99. The Labute approximate surface area is 110 Å². The van der Waals surface area contributed by atoms with E-state index in [1.807, 2.05) is 0 Å². The molecule has 19 heavy (non-hydrogen) atoms. The highest BCUT2D eigenvalue weighted by atomic mass is 32.2. The van der Waals surface area contributed by atoms with Crippen molar-refractivity contribution in [2.45, 2.75) is 11.0 Å². The number of rotatable bonds is 3. The van der Waals surface area contributed by atoms with Crippen LogP contribution in [0.1, 0.15) is 5.82 Å². The Kier molecular flexibility index (Phi) is 2.75. The maximum atomic E-state index is 12.1. The summed E-state index contributed by atoms with van der Waals surface area (Å²) in [7, 11) is 0.183. The molecular weight excluding hydrogens is 268 g/mol. The number of oxazole rings is 1. The predicted octanol–water partition coefficient (Wildman–Crippen LogP) is 0.241. The second-order valence-electron chi connectivity index (χ2n) is 3.89. The van der Waals surface area contributed by atoms with E-state index in [2.05, 4.69) is 20.4 Å². The summed E-state index contributed by atoms with van der Waals surface area (Å²) in [6, 6.07) is 5.06. The van der Waals surface area contributed by atoms with E-state index in [1.165, 1.54) is 4.80 Å². The Morgan fingerprint density at radius 2 is 2.32 bits per heavy atom. The van der Waals surface area contributed by atoms with Gasteiger partial charge in [0.25, 0.3) is 5.22 Å². The van der Waals surface area contributed by atoms with Crippen LogP contribution in [0, 0.1) is 0 Å². The molecule has 0 aliphatic heterocycles. The first kappa shape index (κ1) is 11.8. The number of aryl methyl sites for hydroxylation is 1. The Hall–Kier alpha value is -2.29. The second-order valence-corrected chi connectivity index (χ2v) is 5.22. The van der Waals surface area contributed by atoms with Gasteiger partial charge < -0.3 is 10.2 Å². The lowest BCUT2D eigenvalue weighted by Gasteiger charge is -1.91. The van der Waals surface area contributed by atoms with Crippen LogP contribution >= 0.6 is 0 Å². The molecule has 1 atom stereocenters. The Morgan fingerprint density at radius 1 is 1.47 bits per heavy atom. The summed E-state index contributed by atoms with van der Waals surface area (Å²) in [5.74, 6) is 0.485. The van der Waals surface area contributed by atoms with Crippen molar-refractivity contribution in [1.82, 2.24) is 25.2 Å². The molecule has 0 amide bonds. The standard InChI is InChI=1S/C10H10N6O2S/c1-16-14-9(13-15-16)5-19(17)10-12-7-4-6(11)2-3-8(7)18-10/h2-4H,5,11H2,1H3. The normalized spacial score (nSPS) is 12.9. The summed E-state index contributed by atoms with van der Waals surface area (Å²) in [4.78, 5) is 5.45. The van der Waals surface area contributed by atoms with Crippen LogP contribution < -0.4 is 5.73 Å². The molecule has 0 aliphatic carbocycles. The minimum absolute atomic E-state index is 0.107. The predicted molar refractivity (Wildman–Crippen MR) is 67.3 cm³/mol. The number of aromatic nitrogens is 5. The molecule has 0 fully saturated rings. The zero-order chi connectivity index (χ0) is 13.4. The molecule has 3 aromatic rings. The third-order valence-electron chi connectivity index (χ3n) is 2.40. The van der Waals surface area contributed by atoms with Gasteiger partial charge in [0.2, 0.25) is 0 Å². The molecular formula is C10H10N6O2S. The van der Waals surface area contributed by atoms with E-state index >= 15 is 0 Å². The summed E-state index contributed by atoms with van der Waals surface area (Å²) in [5.41, 5.74) is 7.35. The number of fused-ring (bicyclic) bond motifs is 1. The van der Waals surface area contributed by atoms with Crippen LogP contribution in [0.15, 0.2) is 27.8 Å². The Balaban J connectivity index is 1.89. The lowest BCUT2D eigenvalue weighted by atomic mass is 10.3. The van der Waals surface area contributed by atoms with Crippen molar-refractivity contribution < 1.29 is 8.63 Å². The molecule has 2 heterocycles. The van der Waals surface area contributed by atoms with E-state index in [4.69, 9.17) is 10.2 Å². The number of benzene rings is 1. The van der Waals surface area contributed by atoms with Gasteiger partial charge in [0, 0.05) is 5.69 Å². The first-order valence-corrected chi connectivity index (χ1v) is 6.71. The summed E-state index contributed by atoms with van der Waals surface area (Å²) < 4.78 is 17.5. The van der Waals surface area contributed by atoms with Crippen LogP contribution in [0.3, 0.4) is 0 Å². The largest absolute Gasteiger partial charge is 0.430 e. The fourth-order valence-electron chi connectivity index (χ4n) is 1.58. The van der Waals surface area contributed by atoms with Gasteiger partial charge >= 0.3 is 0 Å². The molecule has 0 saturated carbocycles. The van der Waals surface area contributed by atoms with Crippen molar-refractivity contribution in [2.24, 2.45) is 7.05 Å². The van der Waals surface area contributed by atoms with Crippen LogP contribution in [0.25, 0.3) is 11.1 Å². The molecule has 1 unspecified atom stereocenters. The number of anilines is 1. The number of hydrogen-bond acceptors (Lipinski definition) is 7. The minimum Gasteiger partial charge on any atom is -0.430 e. The molecule has 98 valence electrons. The van der Waals surface area contributed by atoms with Crippen LogP contribution in [-0.4, -0.2) is 29.4 Å². The van der Waals surface area contributed by atoms with E-state index < -0.39 is 10.8 Å². The van der Waals surface area contributed by atoms with Crippen molar-refractivity contribution in [2.75, 3.05) is 5.73 Å². The second kappa shape index (κ2) is 4.43. The highest BCUT2D eigenvalue weighted by Gasteiger charge is 2.16. The summed E-state index contributed by atoms with van der Waals surface area (Å²) >= 11 is 0. The SMILES string of the molecule is Cn1nnc(CS(=O)c2nc3cc(N)ccc3o2)n1. The highest BCUT2D eigenvalue weighted by molar-refractivity contribution is 7.84. The average Bonchev–Trinajstić information content (AvgIpc) is 2.95. The molecule has 1 aromatic carbocycles. The van der Waals surface area contributed by atoms with Gasteiger partial charge in [0.1, 0.15) is 16.3 Å². The van der Waals surface area contributed by atoms with E-state index in [1.54, 1.807) is 25.2 Å². The molecule has 3 rings (SSSR count). The first-order chi connectivity index (χ1) is 9.11.